The summed E-state index contributed by atoms with van der Waals surface area (Å²) in [5.74, 6) is 1.81. The summed E-state index contributed by atoms with van der Waals surface area (Å²) in [6.45, 7) is 7.38. The molecule has 0 aromatic carbocycles. The minimum absolute atomic E-state index is 0.315. The monoisotopic (exact) mass is 238 g/mol. The summed E-state index contributed by atoms with van der Waals surface area (Å²) in [7, 11) is 0. The molecule has 3 heteroatoms. The topological polar surface area (TPSA) is 38.5 Å². The molecule has 5 atom stereocenters. The van der Waals surface area contributed by atoms with Crippen LogP contribution in [0, 0.1) is 11.8 Å². The molecule has 0 aromatic heterocycles. The third-order valence-corrected chi connectivity index (χ3v) is 5.35. The van der Waals surface area contributed by atoms with Crippen LogP contribution in [-0.2, 0) is 4.74 Å². The maximum atomic E-state index is 6.19. The Labute approximate surface area is 105 Å². The maximum absolute atomic E-state index is 6.19. The molecule has 5 unspecified atom stereocenters. The van der Waals surface area contributed by atoms with Crippen LogP contribution < -0.4 is 5.73 Å². The summed E-state index contributed by atoms with van der Waals surface area (Å²) in [5, 5.41) is 0. The minimum Gasteiger partial charge on any atom is -0.373 e. The molecule has 0 spiro atoms. The van der Waals surface area contributed by atoms with Crippen LogP contribution in [-0.4, -0.2) is 42.3 Å². The summed E-state index contributed by atoms with van der Waals surface area (Å²) < 4.78 is 5.86. The van der Waals surface area contributed by atoms with E-state index in [0.717, 1.165) is 31.5 Å². The van der Waals surface area contributed by atoms with E-state index in [0.29, 0.717) is 17.7 Å². The van der Waals surface area contributed by atoms with E-state index in [-0.39, 0.29) is 0 Å². The van der Waals surface area contributed by atoms with Crippen molar-refractivity contribution in [2.75, 3.05) is 19.6 Å². The van der Waals surface area contributed by atoms with Gasteiger partial charge in [0.25, 0.3) is 0 Å². The molecule has 2 bridgehead atoms. The van der Waals surface area contributed by atoms with Crippen LogP contribution in [0.2, 0.25) is 0 Å². The van der Waals surface area contributed by atoms with E-state index in [1.165, 1.54) is 25.7 Å². The van der Waals surface area contributed by atoms with E-state index >= 15 is 0 Å². The molecule has 2 N–H and O–H groups in total. The van der Waals surface area contributed by atoms with Crippen LogP contribution in [0.3, 0.4) is 0 Å². The molecular formula is C14H26N2O. The second-order valence-electron chi connectivity index (χ2n) is 6.55. The van der Waals surface area contributed by atoms with Gasteiger partial charge in [0.15, 0.2) is 0 Å². The largest absolute Gasteiger partial charge is 0.373 e. The molecule has 3 nitrogen and oxygen atoms in total. The molecule has 2 aliphatic carbocycles. The van der Waals surface area contributed by atoms with Gasteiger partial charge in [-0.15, -0.1) is 0 Å². The number of morpholine rings is 1. The first-order valence-electron chi connectivity index (χ1n) is 7.24. The Morgan fingerprint density at radius 1 is 1.24 bits per heavy atom. The Balaban J connectivity index is 1.81. The van der Waals surface area contributed by atoms with Gasteiger partial charge in [-0.05, 0) is 44.9 Å². The highest BCUT2D eigenvalue weighted by molar-refractivity contribution is 5.09. The number of nitrogens with zero attached hydrogens (tertiary/aromatic N) is 1. The van der Waals surface area contributed by atoms with Gasteiger partial charge in [0.05, 0.1) is 12.2 Å². The fourth-order valence-corrected chi connectivity index (χ4v) is 4.72. The van der Waals surface area contributed by atoms with E-state index in [1.807, 2.05) is 0 Å². The van der Waals surface area contributed by atoms with E-state index in [4.69, 9.17) is 10.5 Å². The second kappa shape index (κ2) is 4.22. The summed E-state index contributed by atoms with van der Waals surface area (Å²) in [5.41, 5.74) is 6.51. The molecular weight excluding hydrogens is 212 g/mol. The van der Waals surface area contributed by atoms with Crippen molar-refractivity contribution in [2.24, 2.45) is 17.6 Å². The number of hydrogen-bond donors (Lipinski definition) is 1. The molecule has 1 saturated heterocycles. The van der Waals surface area contributed by atoms with Crippen molar-refractivity contribution in [3.63, 3.8) is 0 Å². The Kier molecular flexibility index (Phi) is 2.96. The standard InChI is InChI=1S/C14H26N2O/c1-10-7-16(8-11(2)17-10)14(9-15)6-12-3-4-13(14)5-12/h10-13H,3-9,15H2,1-2H3. The van der Waals surface area contributed by atoms with Gasteiger partial charge in [-0.1, -0.05) is 6.42 Å². The van der Waals surface area contributed by atoms with E-state index in [2.05, 4.69) is 18.7 Å². The van der Waals surface area contributed by atoms with Gasteiger partial charge in [0, 0.05) is 25.2 Å². The third kappa shape index (κ3) is 1.83. The number of fused-ring (bicyclic) bond motifs is 2. The molecule has 0 radical (unpaired) electrons. The lowest BCUT2D eigenvalue weighted by molar-refractivity contribution is -0.112. The van der Waals surface area contributed by atoms with E-state index in [1.54, 1.807) is 0 Å². The zero-order chi connectivity index (χ0) is 12.0. The number of hydrogen-bond acceptors (Lipinski definition) is 3. The number of nitrogens with two attached hydrogens (primary N) is 1. The molecule has 3 rings (SSSR count). The fourth-order valence-electron chi connectivity index (χ4n) is 4.72. The zero-order valence-electron chi connectivity index (χ0n) is 11.2. The average Bonchev–Trinajstić information content (AvgIpc) is 2.87. The van der Waals surface area contributed by atoms with Crippen molar-refractivity contribution < 1.29 is 4.74 Å². The van der Waals surface area contributed by atoms with Crippen molar-refractivity contribution in [1.29, 1.82) is 0 Å². The Hall–Kier alpha value is -0.120. The zero-order valence-corrected chi connectivity index (χ0v) is 11.2. The molecule has 1 heterocycles. The van der Waals surface area contributed by atoms with Crippen LogP contribution in [0.1, 0.15) is 39.5 Å². The summed E-state index contributed by atoms with van der Waals surface area (Å²) in [6.07, 6.45) is 6.34. The highest BCUT2D eigenvalue weighted by Gasteiger charge is 2.54. The molecule has 0 aromatic rings. The van der Waals surface area contributed by atoms with Gasteiger partial charge in [0.1, 0.15) is 0 Å². The van der Waals surface area contributed by atoms with Gasteiger partial charge in [-0.25, -0.2) is 0 Å². The third-order valence-electron chi connectivity index (χ3n) is 5.35. The first-order valence-corrected chi connectivity index (χ1v) is 7.24. The van der Waals surface area contributed by atoms with E-state index in [9.17, 15) is 0 Å². The summed E-state index contributed by atoms with van der Waals surface area (Å²) in [4.78, 5) is 2.68. The predicted octanol–water partition coefficient (Wildman–Crippen LogP) is 1.61. The first kappa shape index (κ1) is 11.9. The minimum atomic E-state index is 0.315. The van der Waals surface area contributed by atoms with Crippen LogP contribution >= 0.6 is 0 Å². The summed E-state index contributed by atoms with van der Waals surface area (Å²) in [6, 6.07) is 0. The SMILES string of the molecule is CC1CN(C2(CN)CC3CCC2C3)CC(C)O1. The lowest BCUT2D eigenvalue weighted by Crippen LogP contribution is -2.62. The molecule has 1 aliphatic heterocycles. The van der Waals surface area contributed by atoms with Crippen LogP contribution in [0.25, 0.3) is 0 Å². The quantitative estimate of drug-likeness (QED) is 0.794. The normalized spacial score (nSPS) is 51.0. The van der Waals surface area contributed by atoms with Crippen LogP contribution in [0.4, 0.5) is 0 Å². The Morgan fingerprint density at radius 2 is 1.94 bits per heavy atom. The lowest BCUT2D eigenvalue weighted by atomic mass is 9.78. The molecule has 0 amide bonds. The second-order valence-corrected chi connectivity index (χ2v) is 6.55. The van der Waals surface area contributed by atoms with Crippen molar-refractivity contribution in [3.8, 4) is 0 Å². The number of ether oxygens (including phenoxy) is 1. The van der Waals surface area contributed by atoms with Crippen molar-refractivity contribution in [3.05, 3.63) is 0 Å². The molecule has 3 fully saturated rings. The van der Waals surface area contributed by atoms with E-state index < -0.39 is 0 Å². The van der Waals surface area contributed by atoms with Gasteiger partial charge in [0.2, 0.25) is 0 Å². The summed E-state index contributed by atoms with van der Waals surface area (Å²) >= 11 is 0. The van der Waals surface area contributed by atoms with Gasteiger partial charge in [-0.2, -0.15) is 0 Å². The molecule has 3 aliphatic rings. The van der Waals surface area contributed by atoms with Gasteiger partial charge >= 0.3 is 0 Å². The van der Waals surface area contributed by atoms with Crippen molar-refractivity contribution in [1.82, 2.24) is 4.90 Å². The average molecular weight is 238 g/mol. The van der Waals surface area contributed by atoms with Crippen molar-refractivity contribution in [2.45, 2.75) is 57.3 Å². The fraction of sp³-hybridized carbons (Fsp3) is 1.00. The molecule has 17 heavy (non-hydrogen) atoms. The highest BCUT2D eigenvalue weighted by atomic mass is 16.5. The predicted molar refractivity (Wildman–Crippen MR) is 68.8 cm³/mol. The highest BCUT2D eigenvalue weighted by Crippen LogP contribution is 2.53. The van der Waals surface area contributed by atoms with Crippen molar-refractivity contribution >= 4 is 0 Å². The number of rotatable bonds is 2. The first-order chi connectivity index (χ1) is 8.14. The Bertz CT molecular complexity index is 286. The van der Waals surface area contributed by atoms with Crippen LogP contribution in [0.15, 0.2) is 0 Å². The molecule has 2 saturated carbocycles. The van der Waals surface area contributed by atoms with Gasteiger partial charge in [-0.3, -0.25) is 4.90 Å². The van der Waals surface area contributed by atoms with Gasteiger partial charge < -0.3 is 10.5 Å². The smallest absolute Gasteiger partial charge is 0.0678 e. The maximum Gasteiger partial charge on any atom is 0.0678 e. The molecule has 98 valence electrons. The van der Waals surface area contributed by atoms with Crippen LogP contribution in [0.5, 0.6) is 0 Å². The Morgan fingerprint density at radius 3 is 2.41 bits per heavy atom. The lowest BCUT2D eigenvalue weighted by Gasteiger charge is -2.50.